The highest BCUT2D eigenvalue weighted by molar-refractivity contribution is 5.76. The van der Waals surface area contributed by atoms with Crippen LogP contribution in [0.4, 0.5) is 6.01 Å². The van der Waals surface area contributed by atoms with Crippen molar-refractivity contribution in [2.75, 3.05) is 18.0 Å². The van der Waals surface area contributed by atoms with E-state index in [1.807, 2.05) is 24.3 Å². The van der Waals surface area contributed by atoms with Gasteiger partial charge in [-0.3, -0.25) is 4.79 Å². The Morgan fingerprint density at radius 2 is 1.86 bits per heavy atom. The topological polar surface area (TPSA) is 94.5 Å². The highest BCUT2D eigenvalue weighted by Crippen LogP contribution is 2.27. The van der Waals surface area contributed by atoms with Crippen molar-refractivity contribution in [1.29, 1.82) is 0 Å². The van der Waals surface area contributed by atoms with Crippen LogP contribution in [0.15, 0.2) is 63.8 Å². The first-order valence-electron chi connectivity index (χ1n) is 9.45. The monoisotopic (exact) mass is 390 g/mol. The van der Waals surface area contributed by atoms with Gasteiger partial charge in [-0.25, -0.2) is 0 Å². The van der Waals surface area contributed by atoms with E-state index < -0.39 is 0 Å². The zero-order chi connectivity index (χ0) is 19.6. The molecule has 0 aliphatic carbocycles. The Morgan fingerprint density at radius 1 is 1.07 bits per heavy atom. The van der Waals surface area contributed by atoms with Crippen molar-refractivity contribution in [3.05, 3.63) is 54.9 Å². The van der Waals surface area contributed by atoms with Gasteiger partial charge in [0.05, 0.1) is 5.92 Å². The second kappa shape index (κ2) is 7.38. The van der Waals surface area contributed by atoms with Gasteiger partial charge >= 0.3 is 5.97 Å². The number of aromatic nitrogens is 3. The van der Waals surface area contributed by atoms with Crippen LogP contribution in [-0.4, -0.2) is 34.2 Å². The van der Waals surface area contributed by atoms with E-state index in [1.54, 1.807) is 24.3 Å². The highest BCUT2D eigenvalue weighted by Gasteiger charge is 2.28. The summed E-state index contributed by atoms with van der Waals surface area (Å²) >= 11 is 0. The molecule has 0 unspecified atom stereocenters. The Hall–Kier alpha value is -3.68. The molecule has 8 heteroatoms. The lowest BCUT2D eigenvalue weighted by Crippen LogP contribution is -2.37. The molecule has 3 heterocycles. The Kier molecular flexibility index (Phi) is 4.44. The zero-order valence-corrected chi connectivity index (χ0v) is 15.5. The Bertz CT molecular complexity index is 1080. The van der Waals surface area contributed by atoms with Crippen LogP contribution in [0.1, 0.15) is 12.8 Å². The summed E-state index contributed by atoms with van der Waals surface area (Å²) < 4.78 is 16.5. The van der Waals surface area contributed by atoms with E-state index in [2.05, 4.69) is 20.1 Å². The molecule has 0 atom stereocenters. The molecule has 146 valence electrons. The summed E-state index contributed by atoms with van der Waals surface area (Å²) in [6.07, 6.45) is 2.66. The molecule has 0 saturated carbocycles. The number of oxazole rings is 1. The smallest absolute Gasteiger partial charge is 0.314 e. The molecular weight excluding hydrogens is 372 g/mol. The molecule has 1 fully saturated rings. The van der Waals surface area contributed by atoms with Crippen molar-refractivity contribution >= 4 is 23.1 Å². The molecule has 1 aliphatic rings. The number of nitrogens with zero attached hydrogens (tertiary/aromatic N) is 4. The molecule has 0 N–H and O–H groups in total. The highest BCUT2D eigenvalue weighted by atomic mass is 16.5. The third kappa shape index (κ3) is 3.56. The van der Waals surface area contributed by atoms with Crippen LogP contribution in [0.3, 0.4) is 0 Å². The molecule has 0 bridgehead atoms. The number of ether oxygens (including phenoxy) is 1. The third-order valence-corrected chi connectivity index (χ3v) is 5.06. The van der Waals surface area contributed by atoms with Gasteiger partial charge in [0.2, 0.25) is 12.3 Å². The third-order valence-electron chi connectivity index (χ3n) is 5.06. The van der Waals surface area contributed by atoms with Crippen molar-refractivity contribution in [3.8, 4) is 17.2 Å². The zero-order valence-electron chi connectivity index (χ0n) is 15.5. The fourth-order valence-corrected chi connectivity index (χ4v) is 3.47. The SMILES string of the molecule is O=C(Oc1ccc(-c2nnco2)cc1)C1CCN(c2nc3ccccc3o2)CC1. The average Bonchev–Trinajstić information content (AvgIpc) is 3.44. The maximum Gasteiger partial charge on any atom is 0.314 e. The molecule has 1 aliphatic heterocycles. The number of anilines is 1. The van der Waals surface area contributed by atoms with Crippen LogP contribution in [0.2, 0.25) is 0 Å². The minimum atomic E-state index is -0.215. The van der Waals surface area contributed by atoms with Gasteiger partial charge in [0.15, 0.2) is 5.58 Å². The van der Waals surface area contributed by atoms with Crippen LogP contribution in [0, 0.1) is 5.92 Å². The molecule has 2 aromatic heterocycles. The van der Waals surface area contributed by atoms with Crippen molar-refractivity contribution in [2.45, 2.75) is 12.8 Å². The molecule has 0 amide bonds. The van der Waals surface area contributed by atoms with E-state index in [4.69, 9.17) is 13.6 Å². The lowest BCUT2D eigenvalue weighted by Gasteiger charge is -2.29. The number of hydrogen-bond acceptors (Lipinski definition) is 8. The molecule has 5 rings (SSSR count). The van der Waals surface area contributed by atoms with E-state index in [-0.39, 0.29) is 11.9 Å². The summed E-state index contributed by atoms with van der Waals surface area (Å²) in [5, 5.41) is 7.51. The van der Waals surface area contributed by atoms with Crippen LogP contribution >= 0.6 is 0 Å². The van der Waals surface area contributed by atoms with E-state index in [0.29, 0.717) is 43.6 Å². The van der Waals surface area contributed by atoms with Crippen molar-refractivity contribution < 1.29 is 18.4 Å². The maximum absolute atomic E-state index is 12.5. The van der Waals surface area contributed by atoms with Crippen molar-refractivity contribution in [1.82, 2.24) is 15.2 Å². The van der Waals surface area contributed by atoms with Gasteiger partial charge in [0.25, 0.3) is 6.01 Å². The number of rotatable bonds is 4. The molecule has 2 aromatic carbocycles. The molecule has 0 spiro atoms. The van der Waals surface area contributed by atoms with Crippen LogP contribution in [-0.2, 0) is 4.79 Å². The van der Waals surface area contributed by atoms with Crippen LogP contribution < -0.4 is 9.64 Å². The number of esters is 1. The quantitative estimate of drug-likeness (QED) is 0.385. The number of fused-ring (bicyclic) bond motifs is 1. The minimum absolute atomic E-state index is 0.147. The Morgan fingerprint density at radius 3 is 2.59 bits per heavy atom. The average molecular weight is 390 g/mol. The molecule has 1 saturated heterocycles. The lowest BCUT2D eigenvalue weighted by molar-refractivity contribution is -0.139. The predicted molar refractivity (Wildman–Crippen MR) is 104 cm³/mol. The van der Waals surface area contributed by atoms with E-state index in [1.165, 1.54) is 6.39 Å². The van der Waals surface area contributed by atoms with Crippen LogP contribution in [0.5, 0.6) is 5.75 Å². The van der Waals surface area contributed by atoms with E-state index in [9.17, 15) is 4.79 Å². The molecule has 29 heavy (non-hydrogen) atoms. The Labute approximate surface area is 166 Å². The summed E-state index contributed by atoms with van der Waals surface area (Å²) in [7, 11) is 0. The van der Waals surface area contributed by atoms with Gasteiger partial charge in [0.1, 0.15) is 11.3 Å². The molecule has 8 nitrogen and oxygen atoms in total. The van der Waals surface area contributed by atoms with E-state index >= 15 is 0 Å². The number of carbonyl (C=O) groups is 1. The van der Waals surface area contributed by atoms with Crippen LogP contribution in [0.25, 0.3) is 22.6 Å². The number of carbonyl (C=O) groups excluding carboxylic acids is 1. The first-order chi connectivity index (χ1) is 14.3. The molecule has 4 aromatic rings. The second-order valence-corrected chi connectivity index (χ2v) is 6.91. The lowest BCUT2D eigenvalue weighted by atomic mass is 9.97. The Balaban J connectivity index is 1.19. The van der Waals surface area contributed by atoms with Gasteiger partial charge in [-0.2, -0.15) is 4.98 Å². The number of para-hydroxylation sites is 2. The predicted octanol–water partition coefficient (Wildman–Crippen LogP) is 3.70. The summed E-state index contributed by atoms with van der Waals surface area (Å²) in [5.41, 5.74) is 2.38. The number of piperidine rings is 1. The van der Waals surface area contributed by atoms with Gasteiger partial charge in [-0.1, -0.05) is 12.1 Å². The van der Waals surface area contributed by atoms with Crippen molar-refractivity contribution in [3.63, 3.8) is 0 Å². The van der Waals surface area contributed by atoms with Gasteiger partial charge in [-0.05, 0) is 49.2 Å². The van der Waals surface area contributed by atoms with Gasteiger partial charge in [0, 0.05) is 18.7 Å². The molecule has 0 radical (unpaired) electrons. The summed E-state index contributed by atoms with van der Waals surface area (Å²) in [4.78, 5) is 19.1. The van der Waals surface area contributed by atoms with E-state index in [0.717, 1.165) is 16.7 Å². The maximum atomic E-state index is 12.5. The van der Waals surface area contributed by atoms with Gasteiger partial charge < -0.3 is 18.5 Å². The fraction of sp³-hybridized carbons (Fsp3) is 0.238. The fourth-order valence-electron chi connectivity index (χ4n) is 3.47. The summed E-state index contributed by atoms with van der Waals surface area (Å²) in [6, 6.07) is 15.3. The number of benzene rings is 2. The summed E-state index contributed by atoms with van der Waals surface area (Å²) in [6.45, 7) is 1.39. The normalized spacial score (nSPS) is 15.0. The molecular formula is C21H18N4O4. The van der Waals surface area contributed by atoms with Crippen molar-refractivity contribution in [2.24, 2.45) is 5.92 Å². The first kappa shape index (κ1) is 17.4. The largest absolute Gasteiger partial charge is 0.426 e. The number of hydrogen-bond donors (Lipinski definition) is 0. The van der Waals surface area contributed by atoms with Gasteiger partial charge in [-0.15, -0.1) is 10.2 Å². The summed E-state index contributed by atoms with van der Waals surface area (Å²) in [5.74, 6) is 0.563. The first-order valence-corrected chi connectivity index (χ1v) is 9.45. The second-order valence-electron chi connectivity index (χ2n) is 6.91. The minimum Gasteiger partial charge on any atom is -0.426 e. The standard InChI is InChI=1S/C21H18N4O4/c26-20(28-16-7-5-14(6-8-16)19-24-22-13-27-19)15-9-11-25(12-10-15)21-23-17-3-1-2-4-18(17)29-21/h1-8,13,15H,9-12H2.